The van der Waals surface area contributed by atoms with Crippen LogP contribution in [-0.2, 0) is 30.4 Å². The molecule has 1 atom stereocenters. The Morgan fingerprint density at radius 3 is 2.44 bits per heavy atom. The summed E-state index contributed by atoms with van der Waals surface area (Å²) in [6.07, 6.45) is 0.785. The lowest BCUT2D eigenvalue weighted by Crippen LogP contribution is -2.29. The van der Waals surface area contributed by atoms with Gasteiger partial charge in [0, 0.05) is 17.6 Å². The van der Waals surface area contributed by atoms with Crippen LogP contribution in [0.15, 0.2) is 53.6 Å². The van der Waals surface area contributed by atoms with Crippen LogP contribution in [-0.4, -0.2) is 48.9 Å². The number of aliphatic hydroxyl groups excluding tert-OH is 1. The van der Waals surface area contributed by atoms with Crippen molar-refractivity contribution < 1.29 is 28.9 Å². The van der Waals surface area contributed by atoms with Crippen molar-refractivity contribution in [3.8, 4) is 0 Å². The largest absolute Gasteiger partial charge is 0.388 e. The standard InChI is InChI=1S/C19H20O6/c20-15-6-7-16(21)19(17(22)10-18-24-8-9-25-18)14(15)12-23-11-13-4-2-1-3-5-13/h1-7,17-18,22H,8-12H2. The van der Waals surface area contributed by atoms with Gasteiger partial charge in [0.15, 0.2) is 17.9 Å². The fourth-order valence-corrected chi connectivity index (χ4v) is 2.83. The van der Waals surface area contributed by atoms with Crippen molar-refractivity contribution in [1.82, 2.24) is 0 Å². The van der Waals surface area contributed by atoms with E-state index in [1.165, 1.54) is 12.2 Å². The molecule has 1 heterocycles. The van der Waals surface area contributed by atoms with Gasteiger partial charge < -0.3 is 19.3 Å². The van der Waals surface area contributed by atoms with E-state index in [2.05, 4.69) is 0 Å². The molecule has 3 rings (SSSR count). The minimum atomic E-state index is -1.14. The first-order valence-corrected chi connectivity index (χ1v) is 8.18. The molecule has 25 heavy (non-hydrogen) atoms. The molecule has 1 saturated heterocycles. The third kappa shape index (κ3) is 4.49. The van der Waals surface area contributed by atoms with E-state index in [0.717, 1.165) is 5.56 Å². The highest BCUT2D eigenvalue weighted by molar-refractivity contribution is 6.20. The van der Waals surface area contributed by atoms with Crippen molar-refractivity contribution in [2.75, 3.05) is 19.8 Å². The maximum absolute atomic E-state index is 12.2. The summed E-state index contributed by atoms with van der Waals surface area (Å²) in [4.78, 5) is 24.4. The highest BCUT2D eigenvalue weighted by atomic mass is 16.7. The molecule has 1 unspecified atom stereocenters. The second-order valence-electron chi connectivity index (χ2n) is 5.86. The minimum Gasteiger partial charge on any atom is -0.388 e. The van der Waals surface area contributed by atoms with Gasteiger partial charge in [-0.1, -0.05) is 30.3 Å². The number of carbonyl (C=O) groups is 2. The maximum atomic E-state index is 12.2. The third-order valence-electron chi connectivity index (χ3n) is 4.07. The van der Waals surface area contributed by atoms with Crippen LogP contribution in [0.3, 0.4) is 0 Å². The van der Waals surface area contributed by atoms with E-state index in [0.29, 0.717) is 19.8 Å². The quantitative estimate of drug-likeness (QED) is 0.752. The van der Waals surface area contributed by atoms with Gasteiger partial charge in [-0.2, -0.15) is 0 Å². The Kier molecular flexibility index (Phi) is 5.88. The molecule has 0 spiro atoms. The molecule has 0 saturated carbocycles. The molecule has 0 aromatic heterocycles. The van der Waals surface area contributed by atoms with Crippen LogP contribution in [0.4, 0.5) is 0 Å². The molecule has 2 aliphatic rings. The van der Waals surface area contributed by atoms with Gasteiger partial charge in [-0.25, -0.2) is 0 Å². The number of aliphatic hydroxyl groups is 1. The summed E-state index contributed by atoms with van der Waals surface area (Å²) in [6.45, 7) is 1.18. The molecule has 1 aromatic carbocycles. The number of hydrogen-bond acceptors (Lipinski definition) is 6. The Morgan fingerprint density at radius 1 is 1.04 bits per heavy atom. The number of carbonyl (C=O) groups excluding carboxylic acids is 2. The van der Waals surface area contributed by atoms with Crippen molar-refractivity contribution in [3.63, 3.8) is 0 Å². The van der Waals surface area contributed by atoms with E-state index in [1.54, 1.807) is 0 Å². The van der Waals surface area contributed by atoms with Crippen LogP contribution in [0, 0.1) is 0 Å². The van der Waals surface area contributed by atoms with Gasteiger partial charge in [-0.05, 0) is 17.7 Å². The Labute approximate surface area is 145 Å². The van der Waals surface area contributed by atoms with Gasteiger partial charge in [0.05, 0.1) is 32.5 Å². The lowest BCUT2D eigenvalue weighted by atomic mass is 9.90. The van der Waals surface area contributed by atoms with Gasteiger partial charge in [-0.3, -0.25) is 9.59 Å². The maximum Gasteiger partial charge on any atom is 0.185 e. The Morgan fingerprint density at radius 2 is 1.72 bits per heavy atom. The number of benzene rings is 1. The van der Waals surface area contributed by atoms with E-state index >= 15 is 0 Å². The minimum absolute atomic E-state index is 0.0391. The van der Waals surface area contributed by atoms with Gasteiger partial charge >= 0.3 is 0 Å². The summed E-state index contributed by atoms with van der Waals surface area (Å²) in [6, 6.07) is 9.51. The van der Waals surface area contributed by atoms with Crippen molar-refractivity contribution in [2.24, 2.45) is 0 Å². The van der Waals surface area contributed by atoms with Crippen LogP contribution >= 0.6 is 0 Å². The number of hydrogen-bond donors (Lipinski definition) is 1. The fraction of sp³-hybridized carbons (Fsp3) is 0.368. The Balaban J connectivity index is 1.70. The summed E-state index contributed by atoms with van der Waals surface area (Å²) in [5, 5.41) is 10.4. The average Bonchev–Trinajstić information content (AvgIpc) is 3.11. The summed E-state index contributed by atoms with van der Waals surface area (Å²) < 4.78 is 16.2. The molecular weight excluding hydrogens is 324 g/mol. The normalized spacial score (nSPS) is 19.7. The van der Waals surface area contributed by atoms with Crippen molar-refractivity contribution in [3.05, 3.63) is 59.2 Å². The predicted molar refractivity (Wildman–Crippen MR) is 88.6 cm³/mol. The summed E-state index contributed by atoms with van der Waals surface area (Å²) >= 11 is 0. The first-order valence-electron chi connectivity index (χ1n) is 8.18. The van der Waals surface area contributed by atoms with Gasteiger partial charge in [0.2, 0.25) is 0 Å². The first-order chi connectivity index (χ1) is 12.1. The van der Waals surface area contributed by atoms with Crippen LogP contribution in [0.5, 0.6) is 0 Å². The van der Waals surface area contributed by atoms with E-state index in [4.69, 9.17) is 14.2 Å². The molecule has 0 amide bonds. The Bertz CT molecular complexity index is 685. The van der Waals surface area contributed by atoms with Crippen molar-refractivity contribution in [1.29, 1.82) is 0 Å². The van der Waals surface area contributed by atoms with E-state index in [-0.39, 0.29) is 35.7 Å². The fourth-order valence-electron chi connectivity index (χ4n) is 2.83. The van der Waals surface area contributed by atoms with Gasteiger partial charge in [0.25, 0.3) is 0 Å². The number of allylic oxidation sites excluding steroid dienone is 2. The number of ether oxygens (including phenoxy) is 3. The zero-order chi connectivity index (χ0) is 17.6. The molecule has 6 heteroatoms. The monoisotopic (exact) mass is 344 g/mol. The highest BCUT2D eigenvalue weighted by Gasteiger charge is 2.31. The third-order valence-corrected chi connectivity index (χ3v) is 4.07. The van der Waals surface area contributed by atoms with Crippen molar-refractivity contribution in [2.45, 2.75) is 25.4 Å². The molecule has 1 N–H and O–H groups in total. The van der Waals surface area contributed by atoms with E-state index < -0.39 is 12.4 Å². The van der Waals surface area contributed by atoms with E-state index in [1.807, 2.05) is 30.3 Å². The molecule has 1 aliphatic carbocycles. The zero-order valence-electron chi connectivity index (χ0n) is 13.7. The molecule has 1 fully saturated rings. The molecule has 132 valence electrons. The molecule has 1 aliphatic heterocycles. The summed E-state index contributed by atoms with van der Waals surface area (Å²) in [5.74, 6) is -0.710. The molecule has 1 aromatic rings. The topological polar surface area (TPSA) is 82.1 Å². The summed E-state index contributed by atoms with van der Waals surface area (Å²) in [5.41, 5.74) is 1.22. The Hall–Kier alpha value is -2.12. The molecular formula is C19H20O6. The van der Waals surface area contributed by atoms with Gasteiger partial charge in [0.1, 0.15) is 0 Å². The van der Waals surface area contributed by atoms with Crippen LogP contribution in [0.25, 0.3) is 0 Å². The van der Waals surface area contributed by atoms with Gasteiger partial charge in [-0.15, -0.1) is 0 Å². The average molecular weight is 344 g/mol. The SMILES string of the molecule is O=C1C=CC(=O)C(C(O)CC2OCCO2)=C1COCc1ccccc1. The zero-order valence-corrected chi connectivity index (χ0v) is 13.7. The smallest absolute Gasteiger partial charge is 0.185 e. The second kappa shape index (κ2) is 8.31. The molecule has 0 bridgehead atoms. The van der Waals surface area contributed by atoms with Crippen LogP contribution < -0.4 is 0 Å². The second-order valence-corrected chi connectivity index (χ2v) is 5.86. The number of rotatable bonds is 7. The lowest BCUT2D eigenvalue weighted by Gasteiger charge is -2.21. The van der Waals surface area contributed by atoms with Crippen LogP contribution in [0.1, 0.15) is 12.0 Å². The first kappa shape index (κ1) is 17.7. The van der Waals surface area contributed by atoms with E-state index in [9.17, 15) is 14.7 Å². The van der Waals surface area contributed by atoms with Crippen LogP contribution in [0.2, 0.25) is 0 Å². The number of ketones is 2. The van der Waals surface area contributed by atoms with Crippen molar-refractivity contribution >= 4 is 11.6 Å². The lowest BCUT2D eigenvalue weighted by molar-refractivity contribution is -0.117. The highest BCUT2D eigenvalue weighted by Crippen LogP contribution is 2.23. The molecule has 6 nitrogen and oxygen atoms in total. The predicted octanol–water partition coefficient (Wildman–Crippen LogP) is 1.33. The molecule has 0 radical (unpaired) electrons. The summed E-state index contributed by atoms with van der Waals surface area (Å²) in [7, 11) is 0.